The van der Waals surface area contributed by atoms with Gasteiger partial charge in [-0.25, -0.2) is 0 Å². The van der Waals surface area contributed by atoms with Crippen LogP contribution in [0.4, 0.5) is 5.69 Å². The van der Waals surface area contributed by atoms with Crippen molar-refractivity contribution in [2.75, 3.05) is 12.4 Å². The molecule has 0 aromatic heterocycles. The van der Waals surface area contributed by atoms with Crippen LogP contribution < -0.4 is 10.6 Å². The zero-order valence-corrected chi connectivity index (χ0v) is 15.4. The van der Waals surface area contributed by atoms with Gasteiger partial charge in [0, 0.05) is 31.1 Å². The molecule has 0 aliphatic carbocycles. The topological polar surface area (TPSA) is 75.3 Å². The van der Waals surface area contributed by atoms with Crippen LogP contribution in [-0.4, -0.2) is 24.6 Å². The van der Waals surface area contributed by atoms with Gasteiger partial charge in [0.05, 0.1) is 6.42 Å². The number of amides is 2. The minimum absolute atomic E-state index is 0.0378. The number of likely N-dealkylation sites (N-methyl/N-ethyl adjacent to an activating group) is 1. The summed E-state index contributed by atoms with van der Waals surface area (Å²) in [5.74, 6) is -0.308. The number of ketones is 1. The zero-order valence-electron chi connectivity index (χ0n) is 15.4. The Morgan fingerprint density at radius 1 is 0.846 bits per heavy atom. The van der Waals surface area contributed by atoms with E-state index >= 15 is 0 Å². The lowest BCUT2D eigenvalue weighted by Crippen LogP contribution is -2.19. The Morgan fingerprint density at radius 2 is 1.54 bits per heavy atom. The van der Waals surface area contributed by atoms with Gasteiger partial charge in [0.2, 0.25) is 11.8 Å². The summed E-state index contributed by atoms with van der Waals surface area (Å²) < 4.78 is 0. The molecule has 2 rings (SSSR count). The average molecular weight is 352 g/mol. The first-order valence-corrected chi connectivity index (χ1v) is 8.59. The monoisotopic (exact) mass is 352 g/mol. The second kappa shape index (κ2) is 8.94. The van der Waals surface area contributed by atoms with Crippen LogP contribution in [0.1, 0.15) is 39.9 Å². The predicted octanol–water partition coefficient (Wildman–Crippen LogP) is 3.19. The number of anilines is 1. The number of hydrogen-bond donors (Lipinski definition) is 2. The molecular weight excluding hydrogens is 328 g/mol. The van der Waals surface area contributed by atoms with Gasteiger partial charge in [-0.1, -0.05) is 24.3 Å². The average Bonchev–Trinajstić information content (AvgIpc) is 2.63. The van der Waals surface area contributed by atoms with Crippen LogP contribution in [0.2, 0.25) is 0 Å². The van der Waals surface area contributed by atoms with Gasteiger partial charge in [-0.15, -0.1) is 0 Å². The van der Waals surface area contributed by atoms with Crippen molar-refractivity contribution < 1.29 is 14.4 Å². The second-order valence-corrected chi connectivity index (χ2v) is 6.32. The van der Waals surface area contributed by atoms with Gasteiger partial charge < -0.3 is 10.6 Å². The van der Waals surface area contributed by atoms with Gasteiger partial charge in [0.15, 0.2) is 5.78 Å². The van der Waals surface area contributed by atoms with Crippen LogP contribution in [-0.2, 0) is 16.0 Å². The molecule has 136 valence electrons. The molecule has 2 N–H and O–H groups in total. The Morgan fingerprint density at radius 3 is 2.15 bits per heavy atom. The van der Waals surface area contributed by atoms with E-state index in [0.29, 0.717) is 17.7 Å². The standard InChI is InChI=1S/C21H24N2O3/c1-14-4-7-17(12-15(14)2)19(24)10-11-20(25)23-18-8-5-16(6-9-18)13-21(26)22-3/h4-9,12H,10-11,13H2,1-3H3,(H,22,26)(H,23,25). The second-order valence-electron chi connectivity index (χ2n) is 6.32. The molecule has 0 atom stereocenters. The maximum atomic E-state index is 12.2. The molecular formula is C21H24N2O3. The lowest BCUT2D eigenvalue weighted by Gasteiger charge is -2.07. The molecule has 0 aliphatic rings. The van der Waals surface area contributed by atoms with Crippen molar-refractivity contribution in [3.8, 4) is 0 Å². The molecule has 0 aliphatic heterocycles. The lowest BCUT2D eigenvalue weighted by atomic mass is 10.0. The summed E-state index contributed by atoms with van der Waals surface area (Å²) in [7, 11) is 1.59. The Labute approximate surface area is 153 Å². The van der Waals surface area contributed by atoms with Crippen molar-refractivity contribution in [2.45, 2.75) is 33.1 Å². The molecule has 5 heteroatoms. The van der Waals surface area contributed by atoms with Crippen molar-refractivity contribution in [1.29, 1.82) is 0 Å². The summed E-state index contributed by atoms with van der Waals surface area (Å²) in [5.41, 5.74) is 4.36. The quantitative estimate of drug-likeness (QED) is 0.752. The molecule has 2 aromatic rings. The third-order valence-electron chi connectivity index (χ3n) is 4.29. The van der Waals surface area contributed by atoms with E-state index in [-0.39, 0.29) is 30.4 Å². The first-order valence-electron chi connectivity index (χ1n) is 8.59. The fraction of sp³-hybridized carbons (Fsp3) is 0.286. The van der Waals surface area contributed by atoms with Crippen molar-refractivity contribution >= 4 is 23.3 Å². The summed E-state index contributed by atoms with van der Waals surface area (Å²) >= 11 is 0. The number of nitrogens with one attached hydrogen (secondary N) is 2. The molecule has 0 fully saturated rings. The molecule has 0 bridgehead atoms. The Kier molecular flexibility index (Phi) is 6.67. The van der Waals surface area contributed by atoms with E-state index in [0.717, 1.165) is 16.7 Å². The molecule has 0 radical (unpaired) electrons. The van der Waals surface area contributed by atoms with Gasteiger partial charge in [-0.3, -0.25) is 14.4 Å². The minimum atomic E-state index is -0.207. The third-order valence-corrected chi connectivity index (χ3v) is 4.29. The van der Waals surface area contributed by atoms with Crippen molar-refractivity contribution in [3.05, 3.63) is 64.7 Å². The Hall–Kier alpha value is -2.95. The summed E-state index contributed by atoms with van der Waals surface area (Å²) in [6.45, 7) is 3.96. The molecule has 0 saturated heterocycles. The number of Topliss-reactive ketones (excluding diaryl/α,β-unsaturated/α-hetero) is 1. The highest BCUT2D eigenvalue weighted by atomic mass is 16.2. The van der Waals surface area contributed by atoms with Gasteiger partial charge >= 0.3 is 0 Å². The Balaban J connectivity index is 1.85. The highest BCUT2D eigenvalue weighted by molar-refractivity contribution is 6.00. The normalized spacial score (nSPS) is 10.3. The third kappa shape index (κ3) is 5.55. The molecule has 0 spiro atoms. The minimum Gasteiger partial charge on any atom is -0.359 e. The van der Waals surface area contributed by atoms with Crippen molar-refractivity contribution in [2.24, 2.45) is 0 Å². The fourth-order valence-electron chi connectivity index (χ4n) is 2.49. The van der Waals surface area contributed by atoms with Crippen LogP contribution in [0.3, 0.4) is 0 Å². The lowest BCUT2D eigenvalue weighted by molar-refractivity contribution is -0.120. The van der Waals surface area contributed by atoms with Crippen molar-refractivity contribution in [1.82, 2.24) is 5.32 Å². The van der Waals surface area contributed by atoms with E-state index in [1.54, 1.807) is 37.4 Å². The Bertz CT molecular complexity index is 811. The van der Waals surface area contributed by atoms with Gasteiger partial charge in [0.25, 0.3) is 0 Å². The van der Waals surface area contributed by atoms with E-state index < -0.39 is 0 Å². The number of carbonyl (C=O) groups is 3. The number of hydrogen-bond acceptors (Lipinski definition) is 3. The summed E-state index contributed by atoms with van der Waals surface area (Å²) in [6, 6.07) is 12.7. The molecule has 0 heterocycles. The molecule has 0 unspecified atom stereocenters. The molecule has 0 saturated carbocycles. The zero-order chi connectivity index (χ0) is 19.1. The van der Waals surface area contributed by atoms with Crippen LogP contribution in [0.15, 0.2) is 42.5 Å². The SMILES string of the molecule is CNC(=O)Cc1ccc(NC(=O)CCC(=O)c2ccc(C)c(C)c2)cc1. The number of carbonyl (C=O) groups excluding carboxylic acids is 3. The summed E-state index contributed by atoms with van der Waals surface area (Å²) in [5, 5.41) is 5.34. The highest BCUT2D eigenvalue weighted by Crippen LogP contribution is 2.14. The van der Waals surface area contributed by atoms with E-state index in [1.807, 2.05) is 26.0 Å². The van der Waals surface area contributed by atoms with E-state index in [9.17, 15) is 14.4 Å². The van der Waals surface area contributed by atoms with Crippen LogP contribution in [0.25, 0.3) is 0 Å². The first-order chi connectivity index (χ1) is 12.4. The van der Waals surface area contributed by atoms with Crippen molar-refractivity contribution in [3.63, 3.8) is 0 Å². The maximum Gasteiger partial charge on any atom is 0.224 e. The maximum absolute atomic E-state index is 12.2. The number of aryl methyl sites for hydroxylation is 2. The molecule has 2 amide bonds. The largest absolute Gasteiger partial charge is 0.359 e. The van der Waals surface area contributed by atoms with E-state index in [2.05, 4.69) is 10.6 Å². The molecule has 26 heavy (non-hydrogen) atoms. The number of benzene rings is 2. The summed E-state index contributed by atoms with van der Waals surface area (Å²) in [6.07, 6.45) is 0.601. The first kappa shape index (κ1) is 19.4. The van der Waals surface area contributed by atoms with Crippen LogP contribution >= 0.6 is 0 Å². The molecule has 2 aromatic carbocycles. The number of rotatable bonds is 7. The predicted molar refractivity (Wildman–Crippen MR) is 102 cm³/mol. The smallest absolute Gasteiger partial charge is 0.224 e. The highest BCUT2D eigenvalue weighted by Gasteiger charge is 2.10. The van der Waals surface area contributed by atoms with E-state index in [1.165, 1.54) is 0 Å². The van der Waals surface area contributed by atoms with Crippen LogP contribution in [0.5, 0.6) is 0 Å². The van der Waals surface area contributed by atoms with Crippen LogP contribution in [0, 0.1) is 13.8 Å². The van der Waals surface area contributed by atoms with Gasteiger partial charge in [-0.2, -0.15) is 0 Å². The molecule has 5 nitrogen and oxygen atoms in total. The van der Waals surface area contributed by atoms with Gasteiger partial charge in [0.1, 0.15) is 0 Å². The van der Waals surface area contributed by atoms with Gasteiger partial charge in [-0.05, 0) is 48.7 Å². The fourth-order valence-corrected chi connectivity index (χ4v) is 2.49. The summed E-state index contributed by atoms with van der Waals surface area (Å²) in [4.78, 5) is 35.6. The van der Waals surface area contributed by atoms with E-state index in [4.69, 9.17) is 0 Å².